The predicted octanol–water partition coefficient (Wildman–Crippen LogP) is 30.9. The Morgan fingerprint density at radius 3 is 0.828 bits per heavy atom. The number of aromatic nitrogens is 6. The normalized spacial score (nSPS) is 11.9. The average molecular weight is 1550 g/mol. The first-order valence-corrected chi connectivity index (χ1v) is 42.0. The van der Waals surface area contributed by atoms with Gasteiger partial charge in [-0.25, -0.2) is 0 Å². The molecule has 0 bridgehead atoms. The minimum absolute atomic E-state index is 1.13. The Hall–Kier alpha value is -16.3. The van der Waals surface area contributed by atoms with E-state index in [4.69, 9.17) is 0 Å². The van der Waals surface area contributed by atoms with Gasteiger partial charge >= 0.3 is 0 Å². The lowest BCUT2D eigenvalue weighted by molar-refractivity contribution is 1.15. The molecule has 0 fully saturated rings. The van der Waals surface area contributed by atoms with Crippen LogP contribution in [0.5, 0.6) is 0 Å². The van der Waals surface area contributed by atoms with Gasteiger partial charge in [0.2, 0.25) is 0 Å². The monoisotopic (exact) mass is 1550 g/mol. The Morgan fingerprint density at radius 2 is 0.385 bits per heavy atom. The molecule has 0 radical (unpaired) electrons. The van der Waals surface area contributed by atoms with Gasteiger partial charge in [-0.05, 0) is 195 Å². The zero-order valence-electron chi connectivity index (χ0n) is 66.4. The lowest BCUT2D eigenvalue weighted by Crippen LogP contribution is -1.98. The average Bonchev–Trinajstić information content (AvgIpc) is 1.54. The molecule has 122 heavy (non-hydrogen) atoms. The van der Waals surface area contributed by atoms with Crippen molar-refractivity contribution in [2.45, 2.75) is 0 Å². The zero-order chi connectivity index (χ0) is 80.0. The third kappa shape index (κ3) is 10.7. The van der Waals surface area contributed by atoms with Crippen LogP contribution in [0.2, 0.25) is 0 Å². The van der Waals surface area contributed by atoms with E-state index in [-0.39, 0.29) is 0 Å². The van der Waals surface area contributed by atoms with Crippen LogP contribution >= 0.6 is 0 Å². The highest BCUT2D eigenvalue weighted by Crippen LogP contribution is 2.48. The first kappa shape index (κ1) is 68.9. The predicted molar refractivity (Wildman–Crippen MR) is 516 cm³/mol. The topological polar surface area (TPSA) is 29.6 Å². The molecule has 0 amide bonds. The zero-order valence-corrected chi connectivity index (χ0v) is 66.4. The van der Waals surface area contributed by atoms with Crippen LogP contribution in [0.1, 0.15) is 0 Å². The fourth-order valence-corrected chi connectivity index (χ4v) is 20.2. The second-order valence-corrected chi connectivity index (χ2v) is 32.2. The van der Waals surface area contributed by atoms with Crippen LogP contribution < -0.4 is 0 Å². The Bertz CT molecular complexity index is 8700. The molecule has 0 spiro atoms. The Balaban J connectivity index is 0.000000134. The van der Waals surface area contributed by atoms with E-state index in [2.05, 4.69) is 476 Å². The van der Waals surface area contributed by atoms with Gasteiger partial charge in [0.25, 0.3) is 0 Å². The summed E-state index contributed by atoms with van der Waals surface area (Å²) in [5, 5.41) is 19.9. The fraction of sp³-hybridized carbons (Fsp3) is 0. The van der Waals surface area contributed by atoms with Crippen LogP contribution in [0.25, 0.3) is 231 Å². The van der Waals surface area contributed by atoms with Crippen molar-refractivity contribution >= 4 is 152 Å². The van der Waals surface area contributed by atoms with Gasteiger partial charge in [0.1, 0.15) is 0 Å². The molecule has 0 aliphatic rings. The maximum Gasteiger partial charge on any atom is 0.0788 e. The van der Waals surface area contributed by atoms with E-state index in [1.807, 2.05) is 0 Å². The summed E-state index contributed by atoms with van der Waals surface area (Å²) < 4.78 is 14.7. The number of fused-ring (bicyclic) bond motifs is 22. The van der Waals surface area contributed by atoms with Crippen molar-refractivity contribution in [2.24, 2.45) is 0 Å². The lowest BCUT2D eigenvalue weighted by atomic mass is 10.00. The number of hydrogen-bond acceptors (Lipinski definition) is 0. The minimum Gasteiger partial charge on any atom is -0.309 e. The summed E-state index contributed by atoms with van der Waals surface area (Å²) in [5.41, 5.74) is 31.0. The third-order valence-corrected chi connectivity index (χ3v) is 25.6. The highest BCUT2D eigenvalue weighted by atomic mass is 15.1. The first-order valence-electron chi connectivity index (χ1n) is 42.0. The van der Waals surface area contributed by atoms with Crippen molar-refractivity contribution in [1.82, 2.24) is 27.4 Å². The third-order valence-electron chi connectivity index (χ3n) is 25.6. The Morgan fingerprint density at radius 1 is 0.123 bits per heavy atom. The molecule has 0 saturated carbocycles. The molecule has 6 heterocycles. The fourth-order valence-electron chi connectivity index (χ4n) is 20.2. The van der Waals surface area contributed by atoms with Gasteiger partial charge in [-0.3, -0.25) is 0 Å². The van der Waals surface area contributed by atoms with Crippen molar-refractivity contribution in [3.63, 3.8) is 0 Å². The highest BCUT2D eigenvalue weighted by Gasteiger charge is 2.26. The van der Waals surface area contributed by atoms with E-state index < -0.39 is 0 Å². The molecule has 0 unspecified atom stereocenters. The van der Waals surface area contributed by atoms with Gasteiger partial charge in [0.05, 0.1) is 77.6 Å². The van der Waals surface area contributed by atoms with Crippen LogP contribution in [0, 0.1) is 0 Å². The quantitative estimate of drug-likeness (QED) is 0.131. The van der Waals surface area contributed by atoms with E-state index in [0.29, 0.717) is 0 Å². The van der Waals surface area contributed by atoms with E-state index in [1.54, 1.807) is 0 Å². The van der Waals surface area contributed by atoms with Gasteiger partial charge in [-0.15, -0.1) is 0 Å². The molecule has 6 heteroatoms. The Labute approximate surface area is 702 Å². The molecule has 6 nitrogen and oxygen atoms in total. The summed E-state index contributed by atoms with van der Waals surface area (Å²) in [7, 11) is 0. The van der Waals surface area contributed by atoms with Crippen LogP contribution in [0.15, 0.2) is 449 Å². The molecule has 0 N–H and O–H groups in total. The molecule has 0 aliphatic carbocycles. The number of nitrogens with zero attached hydrogens (tertiary/aromatic N) is 6. The summed E-state index contributed by atoms with van der Waals surface area (Å²) in [6.45, 7) is 0. The Kier molecular flexibility index (Phi) is 15.6. The standard InChI is InChI=1S/2C58H37N3/c1-3-14-38(15-4-1)39-26-30-44(31-27-39)60-55-34-28-42(37-51(55)49-33-32-48-46-21-9-11-23-53(46)59(57(48)58(49)60)43-18-5-2-6-19-43)41-29-35-56-50(36-41)47-22-10-12-24-54(47)61(56)52-25-13-17-40-16-7-8-20-45(40)52;1-3-14-38(15-4-1)39-26-30-44(31-27-39)60-54-33-28-42(37-50(54)47-32-35-56-57(58(47)60)48-22-10-12-24-53(48)59(56)43-18-5-2-6-19-43)41-29-34-55-49(36-41)46-21-9-11-23-52(46)61(55)51-25-13-17-40-16-7-8-20-45(40)51/h2*1-37H. The summed E-state index contributed by atoms with van der Waals surface area (Å²) in [5.74, 6) is 0. The van der Waals surface area contributed by atoms with Gasteiger partial charge in [0.15, 0.2) is 0 Å². The molecule has 6 aromatic heterocycles. The number of hydrogen-bond donors (Lipinski definition) is 0. The number of para-hydroxylation sites is 6. The van der Waals surface area contributed by atoms with E-state index in [0.717, 1.165) is 22.7 Å². The second kappa shape index (κ2) is 27.7. The maximum absolute atomic E-state index is 2.49. The SMILES string of the molecule is c1ccc(-c2ccc(-n3c4ccc(-c5ccc6c(c5)c5ccccc5n6-c5cccc6ccccc56)cc4c4ccc5c(c6ccccc6n5-c5ccccc5)c43)cc2)cc1.c1ccc(-c2ccc(-n3c4ccc(-c5ccc6c(c5)c5ccccc5n6-c5cccc6ccccc56)cc4c4ccc5c6ccccc6n(-c6ccccc6)c5c43)cc2)cc1. The van der Waals surface area contributed by atoms with E-state index in [1.165, 1.54) is 208 Å². The summed E-state index contributed by atoms with van der Waals surface area (Å²) in [4.78, 5) is 0. The maximum atomic E-state index is 2.49. The molecule has 26 aromatic rings. The largest absolute Gasteiger partial charge is 0.309 e. The van der Waals surface area contributed by atoms with Crippen LogP contribution in [-0.4, -0.2) is 27.4 Å². The van der Waals surface area contributed by atoms with E-state index in [9.17, 15) is 0 Å². The van der Waals surface area contributed by atoms with Crippen molar-refractivity contribution in [1.29, 1.82) is 0 Å². The minimum atomic E-state index is 1.13. The van der Waals surface area contributed by atoms with Gasteiger partial charge < -0.3 is 27.4 Å². The molecule has 0 atom stereocenters. The molecular formula is C116H74N6. The highest BCUT2D eigenvalue weighted by molar-refractivity contribution is 6.28. The molecule has 20 aromatic carbocycles. The molecule has 568 valence electrons. The van der Waals surface area contributed by atoms with Crippen molar-refractivity contribution < 1.29 is 0 Å². The van der Waals surface area contributed by atoms with Crippen molar-refractivity contribution in [2.75, 3.05) is 0 Å². The van der Waals surface area contributed by atoms with Gasteiger partial charge in [0, 0.05) is 98.2 Å². The van der Waals surface area contributed by atoms with Gasteiger partial charge in [-0.2, -0.15) is 0 Å². The summed E-state index contributed by atoms with van der Waals surface area (Å²) in [6, 6.07) is 164. The molecule has 0 aliphatic heterocycles. The van der Waals surface area contributed by atoms with Crippen molar-refractivity contribution in [3.8, 4) is 78.6 Å². The molecular weight excluding hydrogens is 1480 g/mol. The van der Waals surface area contributed by atoms with Crippen LogP contribution in [0.3, 0.4) is 0 Å². The summed E-state index contributed by atoms with van der Waals surface area (Å²) >= 11 is 0. The number of benzene rings is 20. The van der Waals surface area contributed by atoms with Crippen LogP contribution in [-0.2, 0) is 0 Å². The second-order valence-electron chi connectivity index (χ2n) is 32.2. The van der Waals surface area contributed by atoms with Crippen molar-refractivity contribution in [3.05, 3.63) is 449 Å². The smallest absolute Gasteiger partial charge is 0.0788 e. The number of rotatable bonds is 10. The summed E-state index contributed by atoms with van der Waals surface area (Å²) in [6.07, 6.45) is 0. The first-order chi connectivity index (χ1) is 60.6. The van der Waals surface area contributed by atoms with Crippen LogP contribution in [0.4, 0.5) is 0 Å². The molecule has 26 rings (SSSR count). The molecule has 0 saturated heterocycles. The van der Waals surface area contributed by atoms with E-state index >= 15 is 0 Å². The van der Waals surface area contributed by atoms with Gasteiger partial charge in [-0.1, -0.05) is 309 Å². The lowest BCUT2D eigenvalue weighted by Gasteiger charge is -2.13.